The summed E-state index contributed by atoms with van der Waals surface area (Å²) >= 11 is 0. The maximum absolute atomic E-state index is 13.8. The van der Waals surface area contributed by atoms with E-state index < -0.39 is 35.8 Å². The number of hydrogen-bond donors (Lipinski definition) is 3. The standard InChI is InChI=1S/C29H31F2N3O4/c1-2-19-4-3-5-20(12-19)17-32-18-27(35)26(15-21-13-23(30)16-24(31)14-21)33-28(36)22-6-8-25(9-7-22)34-10-11-38-29(34)37/h3-9,12-14,16,26-27,32,35H,2,10-11,15,17-18H2,1H3,(H,33,36)/t26-,27-/m0/s1. The minimum absolute atomic E-state index is 0.0201. The first-order chi connectivity index (χ1) is 18.3. The first-order valence-electron chi connectivity index (χ1n) is 12.6. The lowest BCUT2D eigenvalue weighted by molar-refractivity contribution is 0.0830. The Labute approximate surface area is 220 Å². The quantitative estimate of drug-likeness (QED) is 0.354. The van der Waals surface area contributed by atoms with Crippen molar-refractivity contribution in [3.63, 3.8) is 0 Å². The summed E-state index contributed by atoms with van der Waals surface area (Å²) in [5.41, 5.74) is 3.49. The average Bonchev–Trinajstić information content (AvgIpc) is 3.33. The molecule has 3 aromatic rings. The Hall–Kier alpha value is -3.82. The lowest BCUT2D eigenvalue weighted by Crippen LogP contribution is -2.48. The molecule has 1 heterocycles. The van der Waals surface area contributed by atoms with Crippen molar-refractivity contribution >= 4 is 17.7 Å². The lowest BCUT2D eigenvalue weighted by atomic mass is 10.00. The number of amides is 2. The first-order valence-corrected chi connectivity index (χ1v) is 12.6. The Balaban J connectivity index is 1.44. The summed E-state index contributed by atoms with van der Waals surface area (Å²) in [6.45, 7) is 3.47. The number of nitrogens with zero attached hydrogens (tertiary/aromatic N) is 1. The van der Waals surface area contributed by atoms with Crippen molar-refractivity contribution in [3.05, 3.63) is 101 Å². The molecule has 0 spiro atoms. The van der Waals surface area contributed by atoms with Crippen LogP contribution in [0.3, 0.4) is 0 Å². The highest BCUT2D eigenvalue weighted by molar-refractivity contribution is 5.96. The normalized spacial score (nSPS) is 14.7. The predicted octanol–water partition coefficient (Wildman–Crippen LogP) is 3.98. The number of benzene rings is 3. The second-order valence-electron chi connectivity index (χ2n) is 9.25. The van der Waals surface area contributed by atoms with Crippen molar-refractivity contribution < 1.29 is 28.2 Å². The zero-order valence-corrected chi connectivity index (χ0v) is 21.1. The van der Waals surface area contributed by atoms with E-state index in [4.69, 9.17) is 4.74 Å². The molecule has 200 valence electrons. The molecule has 38 heavy (non-hydrogen) atoms. The van der Waals surface area contributed by atoms with Gasteiger partial charge in [0, 0.05) is 30.4 Å². The van der Waals surface area contributed by atoms with Crippen LogP contribution in [0.4, 0.5) is 19.3 Å². The molecule has 0 aromatic heterocycles. The van der Waals surface area contributed by atoms with Crippen molar-refractivity contribution in [2.45, 2.75) is 38.5 Å². The summed E-state index contributed by atoms with van der Waals surface area (Å²) in [4.78, 5) is 26.3. The van der Waals surface area contributed by atoms with Gasteiger partial charge in [-0.15, -0.1) is 0 Å². The maximum atomic E-state index is 13.8. The summed E-state index contributed by atoms with van der Waals surface area (Å²) in [7, 11) is 0. The smallest absolute Gasteiger partial charge is 0.414 e. The molecule has 0 saturated carbocycles. The number of aliphatic hydroxyl groups excluding tert-OH is 1. The SMILES string of the molecule is CCc1cccc(CNC[C@H](O)[C@H](Cc2cc(F)cc(F)c2)NC(=O)c2ccc(N3CCOC3=O)cc2)c1. The van der Waals surface area contributed by atoms with Gasteiger partial charge in [0.15, 0.2) is 0 Å². The number of ether oxygens (including phenoxy) is 1. The third-order valence-electron chi connectivity index (χ3n) is 6.44. The molecule has 1 fully saturated rings. The molecule has 4 rings (SSSR count). The molecule has 9 heteroatoms. The van der Waals surface area contributed by atoms with E-state index in [9.17, 15) is 23.5 Å². The highest BCUT2D eigenvalue weighted by Gasteiger charge is 2.25. The fourth-order valence-corrected chi connectivity index (χ4v) is 4.40. The van der Waals surface area contributed by atoms with E-state index >= 15 is 0 Å². The third-order valence-corrected chi connectivity index (χ3v) is 6.44. The molecule has 2 atom stereocenters. The summed E-state index contributed by atoms with van der Waals surface area (Å²) in [6.07, 6.45) is -0.552. The van der Waals surface area contributed by atoms with Gasteiger partial charge >= 0.3 is 6.09 Å². The molecule has 0 bridgehead atoms. The number of carbonyl (C=O) groups excluding carboxylic acids is 2. The Kier molecular flexibility index (Phi) is 9.04. The second kappa shape index (κ2) is 12.6. The van der Waals surface area contributed by atoms with E-state index in [2.05, 4.69) is 23.6 Å². The molecule has 1 saturated heterocycles. The van der Waals surface area contributed by atoms with Crippen LogP contribution in [0.2, 0.25) is 0 Å². The number of carbonyl (C=O) groups is 2. The van der Waals surface area contributed by atoms with Gasteiger partial charge in [-0.3, -0.25) is 9.69 Å². The molecule has 0 aliphatic carbocycles. The van der Waals surface area contributed by atoms with Gasteiger partial charge in [0.25, 0.3) is 5.91 Å². The Morgan fingerprint density at radius 1 is 1.03 bits per heavy atom. The van der Waals surface area contributed by atoms with Crippen molar-refractivity contribution in [3.8, 4) is 0 Å². The maximum Gasteiger partial charge on any atom is 0.414 e. The zero-order valence-electron chi connectivity index (χ0n) is 21.1. The Bertz CT molecular complexity index is 1250. The highest BCUT2D eigenvalue weighted by atomic mass is 19.1. The van der Waals surface area contributed by atoms with E-state index in [1.54, 1.807) is 24.3 Å². The number of cyclic esters (lactones) is 1. The molecule has 3 N–H and O–H groups in total. The van der Waals surface area contributed by atoms with Gasteiger partial charge in [-0.05, 0) is 65.9 Å². The average molecular weight is 524 g/mol. The number of halogens is 2. The molecule has 0 unspecified atom stereocenters. The van der Waals surface area contributed by atoms with Crippen LogP contribution in [0.25, 0.3) is 0 Å². The minimum Gasteiger partial charge on any atom is -0.447 e. The fraction of sp³-hybridized carbons (Fsp3) is 0.310. The van der Waals surface area contributed by atoms with Gasteiger partial charge < -0.3 is 20.5 Å². The van der Waals surface area contributed by atoms with Crippen LogP contribution in [0.15, 0.2) is 66.7 Å². The highest BCUT2D eigenvalue weighted by Crippen LogP contribution is 2.20. The van der Waals surface area contributed by atoms with Gasteiger partial charge in [0.1, 0.15) is 18.2 Å². The van der Waals surface area contributed by atoms with Crippen molar-refractivity contribution in [1.82, 2.24) is 10.6 Å². The number of hydrogen-bond acceptors (Lipinski definition) is 5. The van der Waals surface area contributed by atoms with E-state index in [1.807, 2.05) is 18.2 Å². The van der Waals surface area contributed by atoms with Gasteiger partial charge in [0.2, 0.25) is 0 Å². The molecule has 1 aliphatic heterocycles. The van der Waals surface area contributed by atoms with Crippen LogP contribution >= 0.6 is 0 Å². The van der Waals surface area contributed by atoms with Gasteiger partial charge in [-0.2, -0.15) is 0 Å². The van der Waals surface area contributed by atoms with Crippen molar-refractivity contribution in [2.75, 3.05) is 24.6 Å². The molecule has 7 nitrogen and oxygen atoms in total. The number of nitrogens with one attached hydrogen (secondary N) is 2. The van der Waals surface area contributed by atoms with Gasteiger partial charge in [0.05, 0.1) is 18.7 Å². The summed E-state index contributed by atoms with van der Waals surface area (Å²) in [5.74, 6) is -1.92. The van der Waals surface area contributed by atoms with Crippen LogP contribution in [0.1, 0.15) is 34.0 Å². The molecule has 0 radical (unpaired) electrons. The van der Waals surface area contributed by atoms with Crippen LogP contribution in [0.5, 0.6) is 0 Å². The summed E-state index contributed by atoms with van der Waals surface area (Å²) < 4.78 is 32.6. The number of rotatable bonds is 11. The number of aryl methyl sites for hydroxylation is 1. The molecule has 3 aromatic carbocycles. The minimum atomic E-state index is -1.04. The number of aliphatic hydroxyl groups is 1. The summed E-state index contributed by atoms with van der Waals surface area (Å²) in [6, 6.07) is 16.8. The second-order valence-corrected chi connectivity index (χ2v) is 9.25. The van der Waals surface area contributed by atoms with E-state index in [-0.39, 0.29) is 13.0 Å². The Morgan fingerprint density at radius 3 is 2.39 bits per heavy atom. The van der Waals surface area contributed by atoms with Crippen molar-refractivity contribution in [2.24, 2.45) is 0 Å². The molecular formula is C29H31F2N3O4. The molecule has 2 amide bonds. The van der Waals surface area contributed by atoms with E-state index in [0.29, 0.717) is 36.5 Å². The van der Waals surface area contributed by atoms with Gasteiger partial charge in [-0.25, -0.2) is 13.6 Å². The van der Waals surface area contributed by atoms with Crippen LogP contribution in [0, 0.1) is 11.6 Å². The van der Waals surface area contributed by atoms with Crippen molar-refractivity contribution in [1.29, 1.82) is 0 Å². The van der Waals surface area contributed by atoms with Gasteiger partial charge in [-0.1, -0.05) is 31.2 Å². The fourth-order valence-electron chi connectivity index (χ4n) is 4.40. The summed E-state index contributed by atoms with van der Waals surface area (Å²) in [5, 5.41) is 17.0. The van der Waals surface area contributed by atoms with E-state index in [0.717, 1.165) is 18.1 Å². The molecular weight excluding hydrogens is 492 g/mol. The largest absolute Gasteiger partial charge is 0.447 e. The van der Waals surface area contributed by atoms with Crippen LogP contribution in [-0.2, 0) is 24.1 Å². The first kappa shape index (κ1) is 27.2. The third kappa shape index (κ3) is 7.14. The zero-order chi connectivity index (χ0) is 27.1. The van der Waals surface area contributed by atoms with Crippen LogP contribution < -0.4 is 15.5 Å². The predicted molar refractivity (Wildman–Crippen MR) is 140 cm³/mol. The number of anilines is 1. The van der Waals surface area contributed by atoms with Crippen LogP contribution in [-0.4, -0.2) is 48.9 Å². The molecule has 1 aliphatic rings. The Morgan fingerprint density at radius 2 is 1.74 bits per heavy atom. The topological polar surface area (TPSA) is 90.9 Å². The monoisotopic (exact) mass is 523 g/mol. The van der Waals surface area contributed by atoms with E-state index in [1.165, 1.54) is 22.6 Å². The lowest BCUT2D eigenvalue weighted by Gasteiger charge is -2.25.